The Balaban J connectivity index is 1.53. The van der Waals surface area contributed by atoms with Crippen LogP contribution in [0.5, 0.6) is 11.5 Å². The molecule has 0 spiro atoms. The molecule has 2 N–H and O–H groups in total. The van der Waals surface area contributed by atoms with Crippen LogP contribution in [-0.4, -0.2) is 93.7 Å². The fourth-order valence-electron chi connectivity index (χ4n) is 8.24. The van der Waals surface area contributed by atoms with Crippen molar-refractivity contribution in [3.8, 4) is 17.6 Å². The smallest absolute Gasteiger partial charge is 0.497 e. The fraction of sp³-hybridized carbons (Fsp3) is 0.354. The minimum Gasteiger partial charge on any atom is -0.497 e. The number of imidazole rings is 1. The van der Waals surface area contributed by atoms with E-state index in [9.17, 15) is 5.26 Å². The molecule has 0 aliphatic carbocycles. The molecule has 0 amide bonds. The molecule has 6 atom stereocenters. The highest BCUT2D eigenvalue weighted by Gasteiger charge is 2.59. The maximum absolute atomic E-state index is 15.6. The number of methoxy groups -OCH3 is 2. The highest BCUT2D eigenvalue weighted by atomic mass is 31.2. The number of alkyl halides is 3. The number of hydrogen-bond donors (Lipinski definition) is 1. The lowest BCUT2D eigenvalue weighted by Gasteiger charge is -2.42. The van der Waals surface area contributed by atoms with E-state index in [0.717, 1.165) is 6.33 Å². The zero-order chi connectivity index (χ0) is 47.9. The Morgan fingerprint density at radius 1 is 0.836 bits per heavy atom. The van der Waals surface area contributed by atoms with Crippen molar-refractivity contribution in [3.63, 3.8) is 0 Å². The molecule has 4 aromatic carbocycles. The zero-order valence-corrected chi connectivity index (χ0v) is 38.5. The second kappa shape index (κ2) is 21.3. The number of rotatable bonds is 20. The number of hydrogen-bond acceptors (Lipinski definition) is 14. The van der Waals surface area contributed by atoms with Gasteiger partial charge in [-0.15, -0.1) is 13.2 Å². The van der Waals surface area contributed by atoms with Crippen LogP contribution >= 0.6 is 8.53 Å². The molecule has 67 heavy (non-hydrogen) atoms. The first-order chi connectivity index (χ1) is 32.2. The molecular formula is C48H51F3N7O8P. The van der Waals surface area contributed by atoms with Crippen molar-refractivity contribution in [2.45, 2.75) is 88.8 Å². The lowest BCUT2D eigenvalue weighted by molar-refractivity contribution is -0.355. The second-order valence-corrected chi connectivity index (χ2v) is 17.4. The summed E-state index contributed by atoms with van der Waals surface area (Å²) in [5, 5.41) is 9.53. The number of fused-ring (bicyclic) bond motifs is 1. The molecule has 1 saturated heterocycles. The van der Waals surface area contributed by atoms with Crippen LogP contribution < -0.4 is 15.2 Å². The molecule has 19 heteroatoms. The molecule has 7 rings (SSSR count). The Hall–Kier alpha value is -6.03. The molecule has 0 saturated carbocycles. The zero-order valence-electron chi connectivity index (χ0n) is 37.6. The number of aromatic nitrogens is 4. The summed E-state index contributed by atoms with van der Waals surface area (Å²) < 4.78 is 92.1. The minimum atomic E-state index is -5.28. The Morgan fingerprint density at radius 2 is 1.40 bits per heavy atom. The van der Waals surface area contributed by atoms with Gasteiger partial charge < -0.3 is 33.7 Å². The number of carbonyl (C=O) groups is 1. The molecule has 1 aliphatic rings. The average molecular weight is 942 g/mol. The second-order valence-electron chi connectivity index (χ2n) is 16.0. The van der Waals surface area contributed by atoms with Crippen LogP contribution in [0.4, 0.5) is 19.0 Å². The predicted molar refractivity (Wildman–Crippen MR) is 243 cm³/mol. The lowest BCUT2D eigenvalue weighted by Crippen LogP contribution is -2.51. The van der Waals surface area contributed by atoms with Crippen LogP contribution in [0.15, 0.2) is 122 Å². The first-order valence-corrected chi connectivity index (χ1v) is 22.5. The van der Waals surface area contributed by atoms with E-state index in [0.29, 0.717) is 28.2 Å². The van der Waals surface area contributed by atoms with E-state index in [1.165, 1.54) is 25.1 Å². The van der Waals surface area contributed by atoms with Gasteiger partial charge in [-0.3, -0.25) is 14.1 Å². The molecule has 3 heterocycles. The lowest BCUT2D eigenvalue weighted by atomic mass is 9.79. The van der Waals surface area contributed by atoms with Gasteiger partial charge in [0.05, 0.1) is 39.6 Å². The van der Waals surface area contributed by atoms with Crippen molar-refractivity contribution in [1.82, 2.24) is 24.2 Å². The van der Waals surface area contributed by atoms with Gasteiger partial charge in [0.2, 0.25) is 0 Å². The molecule has 1 fully saturated rings. The summed E-state index contributed by atoms with van der Waals surface area (Å²) in [5.74, 6) is 0.364. The number of Topliss-reactive ketones (excluding diaryl/α,β-unsaturated/α-hetero) is 1. The first-order valence-electron chi connectivity index (χ1n) is 21.4. The predicted octanol–water partition coefficient (Wildman–Crippen LogP) is 9.15. The topological polar surface area (TPSA) is 178 Å². The molecule has 2 aromatic heterocycles. The van der Waals surface area contributed by atoms with Crippen molar-refractivity contribution in [3.05, 3.63) is 144 Å². The van der Waals surface area contributed by atoms with Gasteiger partial charge in [-0.1, -0.05) is 84.9 Å². The van der Waals surface area contributed by atoms with Crippen LogP contribution in [0.2, 0.25) is 0 Å². The molecular weight excluding hydrogens is 891 g/mol. The number of halogens is 3. The van der Waals surface area contributed by atoms with Gasteiger partial charge in [0.25, 0.3) is 8.53 Å². The normalized spacial score (nSPS) is 18.6. The maximum Gasteiger partial charge on any atom is 0.523 e. The van der Waals surface area contributed by atoms with Crippen LogP contribution in [0.3, 0.4) is 0 Å². The van der Waals surface area contributed by atoms with Gasteiger partial charge in [0, 0.05) is 17.6 Å². The van der Waals surface area contributed by atoms with E-state index >= 15 is 18.0 Å². The summed E-state index contributed by atoms with van der Waals surface area (Å²) in [7, 11) is 0.742. The van der Waals surface area contributed by atoms with E-state index < -0.39 is 56.9 Å². The van der Waals surface area contributed by atoms with E-state index in [1.807, 2.05) is 68.8 Å². The van der Waals surface area contributed by atoms with E-state index in [4.69, 9.17) is 38.5 Å². The number of nitrogens with zero attached hydrogens (tertiary/aromatic N) is 6. The Morgan fingerprint density at radius 3 is 1.94 bits per heavy atom. The Bertz CT molecular complexity index is 2550. The van der Waals surface area contributed by atoms with Gasteiger partial charge in [-0.25, -0.2) is 19.6 Å². The van der Waals surface area contributed by atoms with E-state index in [-0.39, 0.29) is 47.7 Å². The summed E-state index contributed by atoms with van der Waals surface area (Å²) in [6.45, 7) is 7.40. The molecule has 2 unspecified atom stereocenters. The van der Waals surface area contributed by atoms with Gasteiger partial charge in [-0.05, 0) is 68.7 Å². The SMILES string of the molecule is COc1ccc(C(OC(C(=O)c2ccccc2)[C@H]2O[C@@H](n3cnc4c(N)ncnc43)[C@H](OC(F)(F)F)[C@@H]2OP(OCCC#N)N(C(C)C)C(C)C)(c2ccccc2)c2ccc(OC)cc2)cc1. The van der Waals surface area contributed by atoms with Crippen LogP contribution in [0, 0.1) is 11.3 Å². The van der Waals surface area contributed by atoms with Crippen LogP contribution in [0.1, 0.15) is 67.4 Å². The van der Waals surface area contributed by atoms with Crippen molar-refractivity contribution < 1.29 is 50.7 Å². The van der Waals surface area contributed by atoms with Crippen molar-refractivity contribution >= 4 is 31.3 Å². The summed E-state index contributed by atoms with van der Waals surface area (Å²) in [6, 6.07) is 32.9. The van der Waals surface area contributed by atoms with Gasteiger partial charge in [0.1, 0.15) is 47.3 Å². The number of nitriles is 1. The summed E-state index contributed by atoms with van der Waals surface area (Å²) in [4.78, 5) is 28.3. The van der Waals surface area contributed by atoms with E-state index in [2.05, 4.69) is 15.0 Å². The molecule has 15 nitrogen and oxygen atoms in total. The number of ketones is 1. The van der Waals surface area contributed by atoms with Crippen molar-refractivity contribution in [1.29, 1.82) is 5.26 Å². The number of benzene rings is 4. The number of nitrogen functional groups attached to an aromatic ring is 1. The van der Waals surface area contributed by atoms with E-state index in [1.54, 1.807) is 78.9 Å². The summed E-state index contributed by atoms with van der Waals surface area (Å²) in [5.41, 5.74) is 6.31. The number of carbonyl (C=O) groups excluding carboxylic acids is 1. The summed E-state index contributed by atoms with van der Waals surface area (Å²) >= 11 is 0. The minimum absolute atomic E-state index is 0.0214. The third kappa shape index (κ3) is 10.6. The maximum atomic E-state index is 15.6. The molecule has 0 radical (unpaired) electrons. The number of ether oxygens (including phenoxy) is 5. The molecule has 0 bridgehead atoms. The fourth-order valence-corrected chi connectivity index (χ4v) is 10.00. The summed E-state index contributed by atoms with van der Waals surface area (Å²) in [6.07, 6.45) is -12.1. The van der Waals surface area contributed by atoms with Gasteiger partial charge >= 0.3 is 6.36 Å². The monoisotopic (exact) mass is 941 g/mol. The van der Waals surface area contributed by atoms with Crippen LogP contribution in [0.25, 0.3) is 11.2 Å². The number of anilines is 1. The molecule has 1 aliphatic heterocycles. The van der Waals surface area contributed by atoms with Crippen molar-refractivity contribution in [2.24, 2.45) is 0 Å². The quantitative estimate of drug-likeness (QED) is 0.0332. The first kappa shape index (κ1) is 48.9. The standard InChI is InChI=1S/C48H51F3N7O8P/c1-30(2)58(31(3)4)67(62-27-13-26-52)66-42-41(63-46(43(42)65-48(49,50)51)57-29-56-38-44(53)54-28-55-45(38)57)40(39(59)32-14-9-7-10-15-32)64-47(33-16-11-8-12-17-33,34-18-22-36(60-5)23-19-34)35-20-24-37(61-6)25-21-35/h7-12,14-25,28-31,40-43,46H,13,27H2,1-6H3,(H2,53,54,55)/t40?,41-,42-,43-,46-,67?/m1/s1. The largest absolute Gasteiger partial charge is 0.523 e. The molecule has 6 aromatic rings. The van der Waals surface area contributed by atoms with Crippen molar-refractivity contribution in [2.75, 3.05) is 26.6 Å². The average Bonchev–Trinajstić information content (AvgIpc) is 3.91. The Kier molecular flexibility index (Phi) is 15.5. The third-order valence-electron chi connectivity index (χ3n) is 11.1. The molecule has 352 valence electrons. The van der Waals surface area contributed by atoms with Gasteiger partial charge in [-0.2, -0.15) is 5.26 Å². The highest BCUT2D eigenvalue weighted by molar-refractivity contribution is 7.44. The van der Waals surface area contributed by atoms with Crippen LogP contribution in [-0.2, 0) is 28.9 Å². The Labute approximate surface area is 387 Å². The third-order valence-corrected chi connectivity index (χ3v) is 13.3. The van der Waals surface area contributed by atoms with Gasteiger partial charge in [0.15, 0.2) is 29.6 Å². The number of nitrogens with two attached hydrogens (primary N) is 1. The highest BCUT2D eigenvalue weighted by Crippen LogP contribution is 2.53.